The van der Waals surface area contributed by atoms with Crippen molar-refractivity contribution < 1.29 is 14.2 Å². The number of ether oxygens (including phenoxy) is 1. The number of aliphatic hydroxyl groups excluding tert-OH is 1. The number of aliphatic hydroxyl groups is 1. The number of hydrogen-bond acceptors (Lipinski definition) is 3. The first-order valence-electron chi connectivity index (χ1n) is 4.66. The van der Waals surface area contributed by atoms with Crippen LogP contribution < -0.4 is 10.5 Å². The number of hydrogen-bond donors (Lipinski definition) is 2. The van der Waals surface area contributed by atoms with Gasteiger partial charge in [0.15, 0.2) is 0 Å². The van der Waals surface area contributed by atoms with Gasteiger partial charge in [-0.15, -0.1) is 0 Å². The molecule has 1 atom stereocenters. The lowest BCUT2D eigenvalue weighted by Gasteiger charge is -2.25. The fourth-order valence-corrected chi connectivity index (χ4v) is 1.50. The lowest BCUT2D eigenvalue weighted by Crippen LogP contribution is -2.38. The minimum Gasteiger partial charge on any atom is -0.496 e. The minimum atomic E-state index is -1.14. The van der Waals surface area contributed by atoms with E-state index in [2.05, 4.69) is 0 Å². The van der Waals surface area contributed by atoms with Gasteiger partial charge in [0.1, 0.15) is 11.6 Å². The molecule has 4 heteroatoms. The van der Waals surface area contributed by atoms with Crippen molar-refractivity contribution >= 4 is 0 Å². The summed E-state index contributed by atoms with van der Waals surface area (Å²) in [6.45, 7) is 2.98. The molecule has 0 fully saturated rings. The Morgan fingerprint density at radius 3 is 2.60 bits per heavy atom. The van der Waals surface area contributed by atoms with E-state index in [1.54, 1.807) is 19.9 Å². The van der Waals surface area contributed by atoms with Crippen LogP contribution in [-0.2, 0) is 5.54 Å². The van der Waals surface area contributed by atoms with Gasteiger partial charge in [-0.05, 0) is 31.5 Å². The molecule has 1 aromatic rings. The monoisotopic (exact) mass is 213 g/mol. The Labute approximate surface area is 88.7 Å². The molecular weight excluding hydrogens is 197 g/mol. The first kappa shape index (κ1) is 11.9. The summed E-state index contributed by atoms with van der Waals surface area (Å²) < 4.78 is 18.8. The lowest BCUT2D eigenvalue weighted by atomic mass is 9.92. The molecule has 0 spiro atoms. The molecule has 0 aromatic heterocycles. The van der Waals surface area contributed by atoms with Crippen LogP contribution in [0, 0.1) is 12.7 Å². The Balaban J connectivity index is 3.39. The SMILES string of the molecule is COc1cc(C)cc(F)c1C(C)(N)CO. The molecule has 0 radical (unpaired) electrons. The molecule has 1 aromatic carbocycles. The first-order valence-corrected chi connectivity index (χ1v) is 4.66. The van der Waals surface area contributed by atoms with Crippen LogP contribution in [0.15, 0.2) is 12.1 Å². The summed E-state index contributed by atoms with van der Waals surface area (Å²) in [5.41, 5.74) is 5.62. The van der Waals surface area contributed by atoms with E-state index < -0.39 is 11.4 Å². The Morgan fingerprint density at radius 2 is 2.13 bits per heavy atom. The average Bonchev–Trinajstić information content (AvgIpc) is 2.15. The van der Waals surface area contributed by atoms with Crippen molar-refractivity contribution in [1.82, 2.24) is 0 Å². The van der Waals surface area contributed by atoms with Gasteiger partial charge >= 0.3 is 0 Å². The molecule has 84 valence electrons. The van der Waals surface area contributed by atoms with Gasteiger partial charge in [0.25, 0.3) is 0 Å². The first-order chi connectivity index (χ1) is 6.92. The predicted octanol–water partition coefficient (Wildman–Crippen LogP) is 1.31. The van der Waals surface area contributed by atoms with E-state index in [1.165, 1.54) is 13.2 Å². The average molecular weight is 213 g/mol. The van der Waals surface area contributed by atoms with Gasteiger partial charge in [0.05, 0.1) is 24.8 Å². The topological polar surface area (TPSA) is 55.5 Å². The second kappa shape index (κ2) is 4.16. The van der Waals surface area contributed by atoms with Crippen LogP contribution in [0.2, 0.25) is 0 Å². The molecule has 0 aliphatic heterocycles. The lowest BCUT2D eigenvalue weighted by molar-refractivity contribution is 0.202. The zero-order chi connectivity index (χ0) is 11.6. The Hall–Kier alpha value is -1.13. The highest BCUT2D eigenvalue weighted by Gasteiger charge is 2.28. The van der Waals surface area contributed by atoms with Crippen LogP contribution in [0.3, 0.4) is 0 Å². The Kier molecular flexibility index (Phi) is 3.31. The fourth-order valence-electron chi connectivity index (χ4n) is 1.50. The molecular formula is C11H16FNO2. The molecule has 0 saturated carbocycles. The van der Waals surface area contributed by atoms with E-state index in [-0.39, 0.29) is 12.2 Å². The number of aryl methyl sites for hydroxylation is 1. The van der Waals surface area contributed by atoms with Crippen LogP contribution in [0.1, 0.15) is 18.1 Å². The third kappa shape index (κ3) is 2.27. The molecule has 3 N–H and O–H groups in total. The summed E-state index contributed by atoms with van der Waals surface area (Å²) in [5.74, 6) is -0.0857. The minimum absolute atomic E-state index is 0.207. The van der Waals surface area contributed by atoms with E-state index in [4.69, 9.17) is 15.6 Å². The molecule has 0 saturated heterocycles. The molecule has 0 aliphatic rings. The van der Waals surface area contributed by atoms with Crippen LogP contribution in [0.4, 0.5) is 4.39 Å². The summed E-state index contributed by atoms with van der Waals surface area (Å²) in [4.78, 5) is 0. The largest absolute Gasteiger partial charge is 0.496 e. The molecule has 1 rings (SSSR count). The van der Waals surface area contributed by atoms with E-state index >= 15 is 0 Å². The summed E-state index contributed by atoms with van der Waals surface area (Å²) in [7, 11) is 1.45. The predicted molar refractivity (Wildman–Crippen MR) is 56.3 cm³/mol. The normalized spacial score (nSPS) is 14.8. The number of methoxy groups -OCH3 is 1. The van der Waals surface area contributed by atoms with E-state index in [9.17, 15) is 4.39 Å². The van der Waals surface area contributed by atoms with Gasteiger partial charge in [-0.1, -0.05) is 0 Å². The number of halogens is 1. The van der Waals surface area contributed by atoms with Gasteiger partial charge in [0.2, 0.25) is 0 Å². The van der Waals surface area contributed by atoms with Crippen LogP contribution in [-0.4, -0.2) is 18.8 Å². The van der Waals surface area contributed by atoms with Gasteiger partial charge in [-0.2, -0.15) is 0 Å². The molecule has 0 amide bonds. The second-order valence-electron chi connectivity index (χ2n) is 3.90. The maximum atomic E-state index is 13.7. The third-order valence-electron chi connectivity index (χ3n) is 2.32. The highest BCUT2D eigenvalue weighted by molar-refractivity contribution is 5.42. The van der Waals surface area contributed by atoms with E-state index in [1.807, 2.05) is 0 Å². The van der Waals surface area contributed by atoms with Crippen molar-refractivity contribution in [2.75, 3.05) is 13.7 Å². The second-order valence-corrected chi connectivity index (χ2v) is 3.90. The summed E-state index contributed by atoms with van der Waals surface area (Å²) in [6, 6.07) is 3.07. The van der Waals surface area contributed by atoms with Crippen molar-refractivity contribution in [2.45, 2.75) is 19.4 Å². The van der Waals surface area contributed by atoms with Crippen LogP contribution >= 0.6 is 0 Å². The molecule has 0 bridgehead atoms. The molecule has 1 unspecified atom stereocenters. The number of rotatable bonds is 3. The highest BCUT2D eigenvalue weighted by Crippen LogP contribution is 2.31. The van der Waals surface area contributed by atoms with Gasteiger partial charge in [-0.25, -0.2) is 4.39 Å². The number of nitrogens with two attached hydrogens (primary N) is 1. The standard InChI is InChI=1S/C11H16FNO2/c1-7-4-8(12)10(9(5-7)15-3)11(2,13)6-14/h4-5,14H,6,13H2,1-3H3. The summed E-state index contributed by atoms with van der Waals surface area (Å²) >= 11 is 0. The van der Waals surface area contributed by atoms with Gasteiger partial charge in [-0.3, -0.25) is 0 Å². The fraction of sp³-hybridized carbons (Fsp3) is 0.455. The highest BCUT2D eigenvalue weighted by atomic mass is 19.1. The zero-order valence-corrected chi connectivity index (χ0v) is 9.17. The van der Waals surface area contributed by atoms with Gasteiger partial charge in [0, 0.05) is 0 Å². The maximum absolute atomic E-state index is 13.7. The smallest absolute Gasteiger partial charge is 0.132 e. The molecule has 3 nitrogen and oxygen atoms in total. The summed E-state index contributed by atoms with van der Waals surface area (Å²) in [5, 5.41) is 9.11. The maximum Gasteiger partial charge on any atom is 0.132 e. The van der Waals surface area contributed by atoms with Crippen molar-refractivity contribution in [3.63, 3.8) is 0 Å². The zero-order valence-electron chi connectivity index (χ0n) is 9.17. The van der Waals surface area contributed by atoms with E-state index in [0.29, 0.717) is 5.75 Å². The molecule has 0 heterocycles. The molecule has 15 heavy (non-hydrogen) atoms. The molecule has 0 aliphatic carbocycles. The number of benzene rings is 1. The van der Waals surface area contributed by atoms with Crippen molar-refractivity contribution in [1.29, 1.82) is 0 Å². The Morgan fingerprint density at radius 1 is 1.53 bits per heavy atom. The van der Waals surface area contributed by atoms with Crippen LogP contribution in [0.5, 0.6) is 5.75 Å². The quantitative estimate of drug-likeness (QED) is 0.796. The summed E-state index contributed by atoms with van der Waals surface area (Å²) in [6.07, 6.45) is 0. The van der Waals surface area contributed by atoms with Crippen molar-refractivity contribution in [3.8, 4) is 5.75 Å². The Bertz CT molecular complexity index is 364. The van der Waals surface area contributed by atoms with Crippen LogP contribution in [0.25, 0.3) is 0 Å². The van der Waals surface area contributed by atoms with E-state index in [0.717, 1.165) is 5.56 Å². The van der Waals surface area contributed by atoms with Crippen molar-refractivity contribution in [3.05, 3.63) is 29.1 Å². The van der Waals surface area contributed by atoms with Crippen molar-refractivity contribution in [2.24, 2.45) is 5.73 Å². The third-order valence-corrected chi connectivity index (χ3v) is 2.32. The van der Waals surface area contributed by atoms with Gasteiger partial charge < -0.3 is 15.6 Å².